The Hall–Kier alpha value is -3.05. The van der Waals surface area contributed by atoms with Gasteiger partial charge in [-0.3, -0.25) is 4.79 Å². The largest absolute Gasteiger partial charge is 0.401 e. The fourth-order valence-corrected chi connectivity index (χ4v) is 4.50. The van der Waals surface area contributed by atoms with Crippen LogP contribution in [-0.4, -0.2) is 30.3 Å². The van der Waals surface area contributed by atoms with Crippen molar-refractivity contribution >= 4 is 11.5 Å². The number of hydrogen-bond acceptors (Lipinski definition) is 5. The molecule has 1 aliphatic heterocycles. The first-order chi connectivity index (χ1) is 17.6. The molecule has 204 valence electrons. The molecule has 1 aromatic rings. The normalized spacial score (nSPS) is 17.5. The van der Waals surface area contributed by atoms with Crippen LogP contribution in [-0.2, 0) is 4.79 Å². The van der Waals surface area contributed by atoms with E-state index in [9.17, 15) is 4.79 Å². The number of ketones is 1. The van der Waals surface area contributed by atoms with Crippen molar-refractivity contribution in [2.45, 2.75) is 79.1 Å². The minimum Gasteiger partial charge on any atom is -0.401 e. The minimum atomic E-state index is -0.172. The first kappa shape index (κ1) is 32.0. The molecule has 0 saturated carbocycles. The van der Waals surface area contributed by atoms with Crippen LogP contribution in [0.25, 0.3) is 0 Å². The third-order valence-electron chi connectivity index (χ3n) is 6.34. The molecule has 5 heteroatoms. The SMILES string of the molecule is C=C(C)Nc1ccc(C2CCN(CCCC)CC2)cc1.C=C(N)C1=C(N)CC(=C)/C(=C\C)C1=O.CCC. The van der Waals surface area contributed by atoms with E-state index in [0.29, 0.717) is 23.3 Å². The molecule has 0 bridgehead atoms. The van der Waals surface area contributed by atoms with E-state index in [1.54, 1.807) is 13.0 Å². The lowest BCUT2D eigenvalue weighted by atomic mass is 9.86. The number of hydrogen-bond donors (Lipinski definition) is 3. The van der Waals surface area contributed by atoms with Crippen molar-refractivity contribution in [3.8, 4) is 0 Å². The zero-order chi connectivity index (χ0) is 28.0. The van der Waals surface area contributed by atoms with Gasteiger partial charge in [0.05, 0.1) is 5.57 Å². The van der Waals surface area contributed by atoms with E-state index in [1.807, 2.05) is 6.92 Å². The van der Waals surface area contributed by atoms with Gasteiger partial charge in [-0.2, -0.15) is 0 Å². The van der Waals surface area contributed by atoms with Crippen molar-refractivity contribution in [2.24, 2.45) is 11.5 Å². The molecule has 1 aliphatic carbocycles. The maximum absolute atomic E-state index is 11.8. The summed E-state index contributed by atoms with van der Waals surface area (Å²) in [5.74, 6) is 0.570. The van der Waals surface area contributed by atoms with Crippen molar-refractivity contribution in [3.63, 3.8) is 0 Å². The Morgan fingerprint density at radius 3 is 2.16 bits per heavy atom. The van der Waals surface area contributed by atoms with Crippen LogP contribution in [0.1, 0.15) is 84.6 Å². The molecule has 1 fully saturated rings. The molecule has 0 atom stereocenters. The number of Topliss-reactive ketones (excluding diaryl/α,β-unsaturated/α-hetero) is 1. The van der Waals surface area contributed by atoms with Crippen molar-refractivity contribution in [2.75, 3.05) is 25.0 Å². The van der Waals surface area contributed by atoms with Crippen LogP contribution < -0.4 is 16.8 Å². The van der Waals surface area contributed by atoms with Crippen molar-refractivity contribution in [3.05, 3.63) is 89.5 Å². The maximum atomic E-state index is 11.8. The summed E-state index contributed by atoms with van der Waals surface area (Å²) in [5, 5.41) is 3.26. The van der Waals surface area contributed by atoms with Crippen molar-refractivity contribution in [1.29, 1.82) is 0 Å². The summed E-state index contributed by atoms with van der Waals surface area (Å²) in [6.07, 6.45) is 8.70. The van der Waals surface area contributed by atoms with Gasteiger partial charge in [-0.15, -0.1) is 0 Å². The molecule has 5 nitrogen and oxygen atoms in total. The lowest BCUT2D eigenvalue weighted by Crippen LogP contribution is -2.33. The number of likely N-dealkylation sites (tertiary alicyclic amines) is 1. The second-order valence-electron chi connectivity index (χ2n) is 9.94. The third-order valence-corrected chi connectivity index (χ3v) is 6.34. The second-order valence-corrected chi connectivity index (χ2v) is 9.94. The summed E-state index contributed by atoms with van der Waals surface area (Å²) < 4.78 is 0. The molecule has 0 spiro atoms. The predicted molar refractivity (Wildman–Crippen MR) is 161 cm³/mol. The number of allylic oxidation sites excluding steroid dienone is 5. The summed E-state index contributed by atoms with van der Waals surface area (Å²) in [5.41, 5.74) is 17.2. The Morgan fingerprint density at radius 1 is 1.14 bits per heavy atom. The number of nitrogens with zero attached hydrogens (tertiary/aromatic N) is 1. The summed E-state index contributed by atoms with van der Waals surface area (Å²) in [6.45, 7) is 25.3. The zero-order valence-electron chi connectivity index (χ0n) is 24.0. The van der Waals surface area contributed by atoms with Gasteiger partial charge in [0.1, 0.15) is 0 Å². The molecular weight excluding hydrogens is 456 g/mol. The highest BCUT2D eigenvalue weighted by molar-refractivity contribution is 6.15. The number of carbonyl (C=O) groups excluding carboxylic acids is 1. The summed E-state index contributed by atoms with van der Waals surface area (Å²) in [6, 6.07) is 8.90. The van der Waals surface area contributed by atoms with E-state index in [1.165, 1.54) is 57.3 Å². The summed E-state index contributed by atoms with van der Waals surface area (Å²) in [4.78, 5) is 14.4. The molecule has 0 aromatic heterocycles. The Bertz CT molecular complexity index is 977. The number of benzene rings is 1. The molecule has 0 radical (unpaired) electrons. The van der Waals surface area contributed by atoms with E-state index in [4.69, 9.17) is 11.5 Å². The smallest absolute Gasteiger partial charge is 0.196 e. The van der Waals surface area contributed by atoms with Crippen LogP contribution in [0.3, 0.4) is 0 Å². The van der Waals surface area contributed by atoms with Crippen molar-refractivity contribution < 1.29 is 4.79 Å². The van der Waals surface area contributed by atoms with Gasteiger partial charge >= 0.3 is 0 Å². The van der Waals surface area contributed by atoms with E-state index in [2.05, 4.69) is 75.0 Å². The second kappa shape index (κ2) is 16.6. The van der Waals surface area contributed by atoms with E-state index >= 15 is 0 Å². The standard InChI is InChI=1S/C18H28N2.C11H14N2O.C3H8/c1-4-5-12-20-13-10-17(11-14-20)16-6-8-18(9-7-16)19-15(2)3;1-4-8-6(2)5-9(13)10(7(3)12)11(8)14;1-3-2/h6-9,17,19H,2,4-5,10-14H2,1,3H3;4H,2-3,5,12-13H2,1H3;3H2,1-2H3/b;8-4+;. The van der Waals surface area contributed by atoms with Crippen LogP contribution in [0.4, 0.5) is 5.69 Å². The Labute approximate surface area is 226 Å². The average molecular weight is 507 g/mol. The molecule has 0 amide bonds. The molecule has 5 N–H and O–H groups in total. The van der Waals surface area contributed by atoms with E-state index in [-0.39, 0.29) is 11.5 Å². The first-order valence-corrected chi connectivity index (χ1v) is 13.7. The number of unbranched alkanes of at least 4 members (excludes halogenated alkanes) is 1. The highest BCUT2D eigenvalue weighted by Gasteiger charge is 2.26. The van der Waals surface area contributed by atoms with Gasteiger partial charge in [-0.25, -0.2) is 0 Å². The van der Waals surface area contributed by atoms with E-state index in [0.717, 1.165) is 22.9 Å². The first-order valence-electron chi connectivity index (χ1n) is 13.7. The van der Waals surface area contributed by atoms with Gasteiger partial charge in [0.2, 0.25) is 0 Å². The molecule has 0 unspecified atom stereocenters. The van der Waals surface area contributed by atoms with Gasteiger partial charge in [-0.05, 0) is 81.9 Å². The fraction of sp³-hybridized carbons (Fsp3) is 0.469. The zero-order valence-corrected chi connectivity index (χ0v) is 24.0. The minimum absolute atomic E-state index is 0.172. The van der Waals surface area contributed by atoms with E-state index < -0.39 is 0 Å². The van der Waals surface area contributed by atoms with Crippen LogP contribution >= 0.6 is 0 Å². The maximum Gasteiger partial charge on any atom is 0.196 e. The quantitative estimate of drug-likeness (QED) is 0.341. The highest BCUT2D eigenvalue weighted by atomic mass is 16.1. The number of piperidine rings is 1. The molecule has 1 heterocycles. The van der Waals surface area contributed by atoms with Crippen molar-refractivity contribution in [1.82, 2.24) is 4.90 Å². The molecule has 3 rings (SSSR count). The van der Waals surface area contributed by atoms with Gasteiger partial charge in [0.25, 0.3) is 0 Å². The number of anilines is 1. The summed E-state index contributed by atoms with van der Waals surface area (Å²) >= 11 is 0. The summed E-state index contributed by atoms with van der Waals surface area (Å²) in [7, 11) is 0. The molecule has 1 aromatic carbocycles. The average Bonchev–Trinajstić information content (AvgIpc) is 2.84. The number of rotatable bonds is 7. The van der Waals surface area contributed by atoms with Gasteiger partial charge in [0.15, 0.2) is 5.78 Å². The van der Waals surface area contributed by atoms with Gasteiger partial charge in [0, 0.05) is 34.8 Å². The molecular formula is C32H50N4O. The Balaban J connectivity index is 0.000000352. The fourth-order valence-electron chi connectivity index (χ4n) is 4.50. The Kier molecular flexibility index (Phi) is 14.4. The highest BCUT2D eigenvalue weighted by Crippen LogP contribution is 2.30. The molecule has 2 aliphatic rings. The van der Waals surface area contributed by atoms with Crippen LogP contribution in [0.5, 0.6) is 0 Å². The number of carbonyl (C=O) groups is 1. The lowest BCUT2D eigenvalue weighted by Gasteiger charge is -2.32. The predicted octanol–water partition coefficient (Wildman–Crippen LogP) is 7.17. The topological polar surface area (TPSA) is 84.4 Å². The molecule has 37 heavy (non-hydrogen) atoms. The number of nitrogens with two attached hydrogens (primary N) is 2. The Morgan fingerprint density at radius 2 is 1.70 bits per heavy atom. The van der Waals surface area contributed by atoms with Crippen LogP contribution in [0.15, 0.2) is 83.9 Å². The monoisotopic (exact) mass is 506 g/mol. The van der Waals surface area contributed by atoms with Crippen LogP contribution in [0.2, 0.25) is 0 Å². The van der Waals surface area contributed by atoms with Crippen LogP contribution in [0, 0.1) is 0 Å². The lowest BCUT2D eigenvalue weighted by molar-refractivity contribution is -0.112. The van der Waals surface area contributed by atoms with Gasteiger partial charge in [-0.1, -0.05) is 71.6 Å². The number of nitrogens with one attached hydrogen (secondary N) is 1. The van der Waals surface area contributed by atoms with Gasteiger partial charge < -0.3 is 21.7 Å². The molecule has 1 saturated heterocycles. The third kappa shape index (κ3) is 10.5.